The summed E-state index contributed by atoms with van der Waals surface area (Å²) in [6.07, 6.45) is 0.800. The number of anilines is 1. The fourth-order valence-corrected chi connectivity index (χ4v) is 5.02. The lowest BCUT2D eigenvalue weighted by atomic mass is 9.68. The third-order valence-electron chi connectivity index (χ3n) is 6.38. The van der Waals surface area contributed by atoms with E-state index < -0.39 is 11.7 Å². The molecule has 2 aromatic rings. The highest BCUT2D eigenvalue weighted by molar-refractivity contribution is 6.02. The van der Waals surface area contributed by atoms with Crippen molar-refractivity contribution in [1.82, 2.24) is 0 Å². The highest BCUT2D eigenvalue weighted by Crippen LogP contribution is 2.52. The highest BCUT2D eigenvalue weighted by Gasteiger charge is 2.45. The lowest BCUT2D eigenvalue weighted by Gasteiger charge is -2.44. The molecule has 0 saturated heterocycles. The summed E-state index contributed by atoms with van der Waals surface area (Å²) in [6, 6.07) is 13.9. The highest BCUT2D eigenvalue weighted by atomic mass is 19.1. The van der Waals surface area contributed by atoms with Gasteiger partial charge in [0.1, 0.15) is 23.1 Å². The summed E-state index contributed by atoms with van der Waals surface area (Å²) in [5.41, 5.74) is 8.35. The minimum atomic E-state index is -0.747. The van der Waals surface area contributed by atoms with E-state index in [1.54, 1.807) is 41.3 Å². The Bertz CT molecular complexity index is 1270. The first-order valence-electron chi connectivity index (χ1n) is 11.8. The first kappa shape index (κ1) is 24.3. The maximum Gasteiger partial charge on any atom is 0.162 e. The molecule has 1 heterocycles. The Morgan fingerprint density at radius 3 is 2.51 bits per heavy atom. The number of hydrogen-bond donors (Lipinski definition) is 1. The molecule has 2 aliphatic rings. The van der Waals surface area contributed by atoms with Crippen molar-refractivity contribution in [3.63, 3.8) is 0 Å². The maximum absolute atomic E-state index is 15.0. The van der Waals surface area contributed by atoms with Gasteiger partial charge in [-0.05, 0) is 56.0 Å². The summed E-state index contributed by atoms with van der Waals surface area (Å²) < 4.78 is 26.6. The molecule has 0 fully saturated rings. The monoisotopic (exact) mass is 475 g/mol. The second-order valence-corrected chi connectivity index (χ2v) is 9.50. The van der Waals surface area contributed by atoms with E-state index in [1.807, 2.05) is 27.7 Å². The van der Waals surface area contributed by atoms with Crippen LogP contribution < -0.4 is 20.1 Å². The Morgan fingerprint density at radius 1 is 1.14 bits per heavy atom. The van der Waals surface area contributed by atoms with Gasteiger partial charge in [0, 0.05) is 23.3 Å². The number of rotatable bonds is 6. The predicted octanol–water partition coefficient (Wildman–Crippen LogP) is 5.56. The first-order valence-corrected chi connectivity index (χ1v) is 11.8. The molecule has 0 spiro atoms. The van der Waals surface area contributed by atoms with Crippen LogP contribution in [0.25, 0.3) is 0 Å². The van der Waals surface area contributed by atoms with E-state index in [-0.39, 0.29) is 28.3 Å². The average molecular weight is 476 g/mol. The van der Waals surface area contributed by atoms with Gasteiger partial charge in [-0.3, -0.25) is 9.69 Å². The number of allylic oxidation sites excluding steroid dienone is 3. The van der Waals surface area contributed by atoms with Gasteiger partial charge in [-0.15, -0.1) is 0 Å². The Kier molecular flexibility index (Phi) is 6.58. The standard InChI is InChI=1S/C28H30FN3O3/c1-5-34-17-11-12-24(35-6-2)18(13-17)25-19(16-30)27(31)32(21-10-8-7-9-20(21)29)22-14-28(3,4)15-23(33)26(22)25/h7-13,25H,5-6,14-15,31H2,1-4H3. The van der Waals surface area contributed by atoms with Crippen LogP contribution in [0, 0.1) is 22.6 Å². The lowest BCUT2D eigenvalue weighted by molar-refractivity contribution is -0.118. The molecule has 1 aliphatic heterocycles. The Labute approximate surface area is 205 Å². The lowest BCUT2D eigenvalue weighted by Crippen LogP contribution is -2.42. The molecule has 0 aromatic heterocycles. The van der Waals surface area contributed by atoms with Crippen LogP contribution in [0.15, 0.2) is 65.1 Å². The van der Waals surface area contributed by atoms with Gasteiger partial charge >= 0.3 is 0 Å². The molecule has 0 bridgehead atoms. The fourth-order valence-electron chi connectivity index (χ4n) is 5.02. The SMILES string of the molecule is CCOc1ccc(OCC)c(C2C(C#N)=C(N)N(c3ccccc3F)C3=C2C(=O)CC(C)(C)C3)c1. The molecule has 6 nitrogen and oxygen atoms in total. The molecular formula is C28H30FN3O3. The van der Waals surface area contributed by atoms with Crippen molar-refractivity contribution in [2.24, 2.45) is 11.1 Å². The Hall–Kier alpha value is -3.79. The van der Waals surface area contributed by atoms with Crippen molar-refractivity contribution >= 4 is 11.5 Å². The summed E-state index contributed by atoms with van der Waals surface area (Å²) in [4.78, 5) is 15.3. The van der Waals surface area contributed by atoms with Crippen LogP contribution in [0.2, 0.25) is 0 Å². The van der Waals surface area contributed by atoms with Crippen molar-refractivity contribution in [2.45, 2.75) is 46.5 Å². The summed E-state index contributed by atoms with van der Waals surface area (Å²) in [5.74, 6) is -0.0663. The van der Waals surface area contributed by atoms with Crippen molar-refractivity contribution in [2.75, 3.05) is 18.1 Å². The average Bonchev–Trinajstić information content (AvgIpc) is 2.80. The van der Waals surface area contributed by atoms with Gasteiger partial charge in [0.25, 0.3) is 0 Å². The van der Waals surface area contributed by atoms with Crippen molar-refractivity contribution in [3.8, 4) is 17.6 Å². The van der Waals surface area contributed by atoms with Gasteiger partial charge in [-0.25, -0.2) is 4.39 Å². The molecule has 2 aromatic carbocycles. The first-order chi connectivity index (χ1) is 16.7. The number of ether oxygens (including phenoxy) is 2. The number of nitrogens with two attached hydrogens (primary N) is 1. The van der Waals surface area contributed by atoms with E-state index in [0.29, 0.717) is 54.4 Å². The smallest absolute Gasteiger partial charge is 0.162 e. The van der Waals surface area contributed by atoms with Crippen molar-refractivity contribution < 1.29 is 18.7 Å². The number of nitrogens with zero attached hydrogens (tertiary/aromatic N) is 2. The summed E-state index contributed by atoms with van der Waals surface area (Å²) in [6.45, 7) is 8.63. The van der Waals surface area contributed by atoms with E-state index in [9.17, 15) is 10.1 Å². The van der Waals surface area contributed by atoms with E-state index in [2.05, 4.69) is 6.07 Å². The number of ketones is 1. The van der Waals surface area contributed by atoms with Gasteiger partial charge < -0.3 is 15.2 Å². The molecule has 0 radical (unpaired) electrons. The molecule has 182 valence electrons. The van der Waals surface area contributed by atoms with E-state index in [0.717, 1.165) is 0 Å². The molecule has 0 amide bonds. The van der Waals surface area contributed by atoms with Crippen molar-refractivity contribution in [1.29, 1.82) is 5.26 Å². The van der Waals surface area contributed by atoms with Crippen molar-refractivity contribution in [3.05, 3.63) is 76.5 Å². The number of benzene rings is 2. The number of hydrogen-bond acceptors (Lipinski definition) is 6. The van der Waals surface area contributed by atoms with Gasteiger partial charge in [0.2, 0.25) is 0 Å². The molecule has 2 N–H and O–H groups in total. The second-order valence-electron chi connectivity index (χ2n) is 9.50. The third-order valence-corrected chi connectivity index (χ3v) is 6.38. The molecule has 4 rings (SSSR count). The number of carbonyl (C=O) groups excluding carboxylic acids is 1. The van der Waals surface area contributed by atoms with E-state index in [4.69, 9.17) is 15.2 Å². The molecule has 35 heavy (non-hydrogen) atoms. The molecule has 1 aliphatic carbocycles. The number of nitriles is 1. The summed E-state index contributed by atoms with van der Waals surface area (Å²) in [5, 5.41) is 10.3. The van der Waals surface area contributed by atoms with Crippen LogP contribution in [0.4, 0.5) is 10.1 Å². The zero-order valence-electron chi connectivity index (χ0n) is 20.5. The molecular weight excluding hydrogens is 445 g/mol. The van der Waals surface area contributed by atoms with E-state index >= 15 is 4.39 Å². The molecule has 0 saturated carbocycles. The maximum atomic E-state index is 15.0. The third kappa shape index (κ3) is 4.37. The van der Waals surface area contributed by atoms with Crippen LogP contribution in [-0.4, -0.2) is 19.0 Å². The van der Waals surface area contributed by atoms with Gasteiger partial charge in [-0.2, -0.15) is 5.26 Å². The number of Topliss-reactive ketones (excluding diaryl/α,β-unsaturated/α-hetero) is 1. The minimum Gasteiger partial charge on any atom is -0.494 e. The van der Waals surface area contributed by atoms with Crippen LogP contribution >= 0.6 is 0 Å². The summed E-state index contributed by atoms with van der Waals surface area (Å²) in [7, 11) is 0. The zero-order chi connectivity index (χ0) is 25.3. The van der Waals surface area contributed by atoms with Crippen LogP contribution in [0.1, 0.15) is 52.0 Å². The quantitative estimate of drug-likeness (QED) is 0.588. The van der Waals surface area contributed by atoms with E-state index in [1.165, 1.54) is 6.07 Å². The zero-order valence-corrected chi connectivity index (χ0v) is 20.5. The second kappa shape index (κ2) is 9.46. The van der Waals surface area contributed by atoms with Crippen LogP contribution in [-0.2, 0) is 4.79 Å². The number of para-hydroxylation sites is 1. The molecule has 7 heteroatoms. The van der Waals surface area contributed by atoms with Crippen LogP contribution in [0.3, 0.4) is 0 Å². The predicted molar refractivity (Wildman–Crippen MR) is 132 cm³/mol. The Balaban J connectivity index is 2.04. The largest absolute Gasteiger partial charge is 0.494 e. The fraction of sp³-hybridized carbons (Fsp3) is 0.357. The van der Waals surface area contributed by atoms with Gasteiger partial charge in [0.05, 0.1) is 36.5 Å². The molecule has 1 atom stereocenters. The Morgan fingerprint density at radius 2 is 1.86 bits per heavy atom. The van der Waals surface area contributed by atoms with Gasteiger partial charge in [-0.1, -0.05) is 26.0 Å². The minimum absolute atomic E-state index is 0.0906. The normalized spacial score (nSPS) is 19.4. The topological polar surface area (TPSA) is 88.6 Å². The molecule has 1 unspecified atom stereocenters. The van der Waals surface area contributed by atoms with Gasteiger partial charge in [0.15, 0.2) is 5.78 Å². The number of halogens is 1. The number of carbonyl (C=O) groups is 1. The summed E-state index contributed by atoms with van der Waals surface area (Å²) >= 11 is 0. The van der Waals surface area contributed by atoms with Crippen LogP contribution in [0.5, 0.6) is 11.5 Å².